The second kappa shape index (κ2) is 9.00. The lowest BCUT2D eigenvalue weighted by Crippen LogP contribution is -2.47. The van der Waals surface area contributed by atoms with Gasteiger partial charge < -0.3 is 18.9 Å². The lowest BCUT2D eigenvalue weighted by atomic mass is 9.97. The summed E-state index contributed by atoms with van der Waals surface area (Å²) in [5.41, 5.74) is 2.20. The Hall–Kier alpha value is -1.02. The second-order valence-electron chi connectivity index (χ2n) is 8.38. The van der Waals surface area contributed by atoms with E-state index in [0.29, 0.717) is 13.0 Å². The maximum atomic E-state index is 12.6. The Labute approximate surface area is 177 Å². The number of hydrogen-bond acceptors (Lipinski definition) is 6. The van der Waals surface area contributed by atoms with Gasteiger partial charge in [-0.05, 0) is 32.8 Å². The largest absolute Gasteiger partial charge is 0.368 e. The van der Waals surface area contributed by atoms with Crippen LogP contribution in [0.15, 0.2) is 24.3 Å². The number of rotatable bonds is 9. The normalized spacial score (nSPS) is 31.6. The molecule has 0 amide bonds. The van der Waals surface area contributed by atoms with E-state index in [1.807, 2.05) is 31.2 Å². The lowest BCUT2D eigenvalue weighted by Gasteiger charge is -2.30. The summed E-state index contributed by atoms with van der Waals surface area (Å²) in [6, 6.07) is 8.10. The molecule has 7 heteroatoms. The number of halogens is 1. The molecule has 0 radical (unpaired) electrons. The number of unbranched alkanes of at least 4 members (excludes halogenated alkanes) is 1. The van der Waals surface area contributed by atoms with Gasteiger partial charge in [-0.25, -0.2) is 0 Å². The Kier molecular flexibility index (Phi) is 7.03. The highest BCUT2D eigenvalue weighted by molar-refractivity contribution is 6.07. The Morgan fingerprint density at radius 2 is 1.93 bits per heavy atom. The summed E-state index contributed by atoms with van der Waals surface area (Å²) in [6.07, 6.45) is 0.265. The highest BCUT2D eigenvalue weighted by Gasteiger charge is 2.69. The summed E-state index contributed by atoms with van der Waals surface area (Å²) < 4.78 is 29.8. The van der Waals surface area contributed by atoms with E-state index in [1.54, 1.807) is 13.8 Å². The molecule has 0 unspecified atom stereocenters. The van der Waals surface area contributed by atoms with Gasteiger partial charge >= 0.3 is 0 Å². The van der Waals surface area contributed by atoms with Gasteiger partial charge in [0.2, 0.25) is 0 Å². The molecule has 2 fully saturated rings. The number of ketones is 1. The van der Waals surface area contributed by atoms with Crippen LogP contribution < -0.4 is 0 Å². The Balaban J connectivity index is 1.87. The fourth-order valence-electron chi connectivity index (χ4n) is 4.01. The van der Waals surface area contributed by atoms with Crippen molar-refractivity contribution in [2.45, 2.75) is 96.5 Å². The van der Waals surface area contributed by atoms with Crippen molar-refractivity contribution in [3.05, 3.63) is 35.4 Å². The minimum absolute atomic E-state index is 0.261. The SMILES string of the molecule is CCCC[C@H](OCl)[C@H]1O[C@]2(C(C)=O)OC(C)(C)O[C@@H]2[C@H]1OCc1ccc(C)cc1. The van der Waals surface area contributed by atoms with Crippen molar-refractivity contribution >= 4 is 17.6 Å². The Bertz CT molecular complexity index is 706. The fraction of sp³-hybridized carbons (Fsp3) is 0.682. The highest BCUT2D eigenvalue weighted by Crippen LogP contribution is 2.48. The first-order valence-electron chi connectivity index (χ1n) is 10.2. The number of benzene rings is 1. The van der Waals surface area contributed by atoms with Crippen LogP contribution in [0.4, 0.5) is 0 Å². The summed E-state index contributed by atoms with van der Waals surface area (Å²) in [5, 5.41) is 0. The van der Waals surface area contributed by atoms with Crippen molar-refractivity contribution in [2.75, 3.05) is 0 Å². The average molecular weight is 427 g/mol. The molecule has 1 aromatic rings. The van der Waals surface area contributed by atoms with E-state index in [2.05, 4.69) is 6.92 Å². The first-order valence-corrected chi connectivity index (χ1v) is 10.5. The molecule has 29 heavy (non-hydrogen) atoms. The molecule has 0 saturated carbocycles. The molecule has 2 heterocycles. The van der Waals surface area contributed by atoms with Crippen molar-refractivity contribution in [2.24, 2.45) is 0 Å². The average Bonchev–Trinajstić information content (AvgIpc) is 3.10. The van der Waals surface area contributed by atoms with Crippen molar-refractivity contribution < 1.29 is 28.0 Å². The first kappa shape index (κ1) is 22.7. The van der Waals surface area contributed by atoms with E-state index in [1.165, 1.54) is 12.5 Å². The number of carbonyl (C=O) groups is 1. The molecule has 2 aliphatic rings. The van der Waals surface area contributed by atoms with Crippen LogP contribution in [0.5, 0.6) is 0 Å². The minimum Gasteiger partial charge on any atom is -0.368 e. The van der Waals surface area contributed by atoms with Gasteiger partial charge in [-0.3, -0.25) is 9.08 Å². The molecule has 0 bridgehead atoms. The van der Waals surface area contributed by atoms with E-state index >= 15 is 0 Å². The molecule has 2 saturated heterocycles. The number of carbonyl (C=O) groups excluding carboxylic acids is 1. The van der Waals surface area contributed by atoms with Gasteiger partial charge in [-0.15, -0.1) is 0 Å². The van der Waals surface area contributed by atoms with E-state index in [-0.39, 0.29) is 5.78 Å². The highest BCUT2D eigenvalue weighted by atomic mass is 35.5. The van der Waals surface area contributed by atoms with Crippen LogP contribution in [0.25, 0.3) is 0 Å². The standard InChI is InChI=1S/C22H31ClO6/c1-6-7-8-17(28-23)18-19(25-13-16-11-9-14(2)10-12-16)20-22(26-18,15(3)24)29-21(4,5)27-20/h9-12,17-20H,6-8,13H2,1-5H3/t17-,18+,19-,20+,22+/m0/s1. The summed E-state index contributed by atoms with van der Waals surface area (Å²) in [6.45, 7) is 9.44. The van der Waals surface area contributed by atoms with Crippen LogP contribution in [0.3, 0.4) is 0 Å². The summed E-state index contributed by atoms with van der Waals surface area (Å²) in [7, 11) is 0. The molecular formula is C22H31ClO6. The van der Waals surface area contributed by atoms with Crippen LogP contribution in [-0.4, -0.2) is 41.8 Å². The second-order valence-corrected chi connectivity index (χ2v) is 8.56. The van der Waals surface area contributed by atoms with Crippen molar-refractivity contribution in [3.63, 3.8) is 0 Å². The number of ether oxygens (including phenoxy) is 4. The summed E-state index contributed by atoms with van der Waals surface area (Å²) in [5.74, 6) is -2.75. The minimum atomic E-state index is -1.52. The van der Waals surface area contributed by atoms with E-state index in [0.717, 1.165) is 18.4 Å². The first-order chi connectivity index (χ1) is 13.7. The zero-order valence-corrected chi connectivity index (χ0v) is 18.5. The Morgan fingerprint density at radius 3 is 2.52 bits per heavy atom. The lowest BCUT2D eigenvalue weighted by molar-refractivity contribution is -0.262. The maximum absolute atomic E-state index is 12.6. The summed E-state index contributed by atoms with van der Waals surface area (Å²) in [4.78, 5) is 12.6. The van der Waals surface area contributed by atoms with Gasteiger partial charge in [0, 0.05) is 6.92 Å². The Morgan fingerprint density at radius 1 is 1.24 bits per heavy atom. The molecule has 2 aliphatic heterocycles. The van der Waals surface area contributed by atoms with Crippen molar-refractivity contribution in [1.29, 1.82) is 0 Å². The number of fused-ring (bicyclic) bond motifs is 1. The molecule has 0 N–H and O–H groups in total. The zero-order chi connectivity index (χ0) is 21.2. The number of Topliss-reactive ketones (excluding diaryl/α,β-unsaturated/α-hetero) is 1. The number of hydrogen-bond donors (Lipinski definition) is 0. The molecule has 0 aliphatic carbocycles. The fourth-order valence-corrected chi connectivity index (χ4v) is 4.20. The van der Waals surface area contributed by atoms with Gasteiger partial charge in [0.15, 0.2) is 17.7 Å². The molecular weight excluding hydrogens is 396 g/mol. The monoisotopic (exact) mass is 426 g/mol. The van der Waals surface area contributed by atoms with Crippen LogP contribution in [-0.2, 0) is 34.6 Å². The van der Waals surface area contributed by atoms with Gasteiger partial charge in [0.05, 0.1) is 18.5 Å². The molecule has 5 atom stereocenters. The molecule has 162 valence electrons. The van der Waals surface area contributed by atoms with Gasteiger partial charge in [-0.2, -0.15) is 0 Å². The molecule has 1 aromatic carbocycles. The van der Waals surface area contributed by atoms with Crippen molar-refractivity contribution in [1.82, 2.24) is 0 Å². The summed E-state index contributed by atoms with van der Waals surface area (Å²) >= 11 is 5.82. The molecule has 0 aromatic heterocycles. The van der Waals surface area contributed by atoms with Crippen LogP contribution in [0.2, 0.25) is 0 Å². The van der Waals surface area contributed by atoms with Gasteiger partial charge in [-0.1, -0.05) is 49.6 Å². The van der Waals surface area contributed by atoms with Crippen molar-refractivity contribution in [3.8, 4) is 0 Å². The third kappa shape index (κ3) is 4.68. The van der Waals surface area contributed by atoms with Crippen LogP contribution in [0.1, 0.15) is 58.1 Å². The molecule has 3 rings (SSSR count). The maximum Gasteiger partial charge on any atom is 0.261 e. The molecule has 6 nitrogen and oxygen atoms in total. The van der Waals surface area contributed by atoms with Gasteiger partial charge in [0.1, 0.15) is 18.3 Å². The predicted octanol–water partition coefficient (Wildman–Crippen LogP) is 4.45. The third-order valence-corrected chi connectivity index (χ3v) is 5.72. The zero-order valence-electron chi connectivity index (χ0n) is 17.8. The van der Waals surface area contributed by atoms with E-state index < -0.39 is 36.0 Å². The number of aryl methyl sites for hydroxylation is 1. The quantitative estimate of drug-likeness (QED) is 0.581. The van der Waals surface area contributed by atoms with Gasteiger partial charge in [0.25, 0.3) is 5.79 Å². The van der Waals surface area contributed by atoms with Crippen LogP contribution in [0, 0.1) is 6.92 Å². The topological polar surface area (TPSA) is 63.2 Å². The third-order valence-electron chi connectivity index (χ3n) is 5.49. The molecule has 0 spiro atoms. The van der Waals surface area contributed by atoms with E-state index in [4.69, 9.17) is 35.1 Å². The van der Waals surface area contributed by atoms with E-state index in [9.17, 15) is 4.79 Å². The predicted molar refractivity (Wildman–Crippen MR) is 108 cm³/mol. The van der Waals surface area contributed by atoms with Crippen LogP contribution >= 0.6 is 11.9 Å². The smallest absolute Gasteiger partial charge is 0.261 e.